The smallest absolute Gasteiger partial charge is 0.277 e. The molecule has 6 nitrogen and oxygen atoms in total. The minimum Gasteiger partial charge on any atom is -0.497 e. The molecule has 0 aromatic heterocycles. The Morgan fingerprint density at radius 1 is 1.20 bits per heavy atom. The number of benzene rings is 2. The normalized spacial score (nSPS) is 10.6. The van der Waals surface area contributed by atoms with Crippen molar-refractivity contribution >= 4 is 39.7 Å². The van der Waals surface area contributed by atoms with Crippen molar-refractivity contribution in [1.82, 2.24) is 5.43 Å². The number of hydrazone groups is 1. The Labute approximate surface area is 158 Å². The average molecular weight is 428 g/mol. The van der Waals surface area contributed by atoms with Gasteiger partial charge in [0.25, 0.3) is 5.91 Å². The molecule has 0 fully saturated rings. The largest absolute Gasteiger partial charge is 0.497 e. The van der Waals surface area contributed by atoms with Gasteiger partial charge in [0.1, 0.15) is 17.2 Å². The highest BCUT2D eigenvalue weighted by Gasteiger charge is 2.06. The lowest BCUT2D eigenvalue weighted by molar-refractivity contribution is -0.123. The molecule has 0 aliphatic carbocycles. The van der Waals surface area contributed by atoms with Crippen LogP contribution in [-0.4, -0.2) is 32.9 Å². The summed E-state index contributed by atoms with van der Waals surface area (Å²) in [6.45, 7) is -0.183. The van der Waals surface area contributed by atoms with Crippen molar-refractivity contribution in [3.8, 4) is 17.2 Å². The molecular formula is C17H16BrClN2O4. The number of hydrogen-bond acceptors (Lipinski definition) is 5. The van der Waals surface area contributed by atoms with Crippen LogP contribution >= 0.6 is 27.5 Å². The van der Waals surface area contributed by atoms with E-state index in [1.165, 1.54) is 6.21 Å². The van der Waals surface area contributed by atoms with Crippen LogP contribution in [0.25, 0.3) is 0 Å². The fourth-order valence-electron chi connectivity index (χ4n) is 1.87. The van der Waals surface area contributed by atoms with Crippen LogP contribution < -0.4 is 19.6 Å². The van der Waals surface area contributed by atoms with Gasteiger partial charge in [-0.1, -0.05) is 11.6 Å². The maximum absolute atomic E-state index is 11.8. The lowest BCUT2D eigenvalue weighted by Gasteiger charge is -2.08. The number of carbonyl (C=O) groups is 1. The molecule has 0 atom stereocenters. The SMILES string of the molecule is COc1ccc(/C=N\NC(=O)COc2ccc(Cl)cc2Br)c(OC)c1. The molecule has 0 radical (unpaired) electrons. The molecule has 8 heteroatoms. The Morgan fingerprint density at radius 3 is 2.68 bits per heavy atom. The van der Waals surface area contributed by atoms with Gasteiger partial charge in [0, 0.05) is 16.7 Å². The Hall–Kier alpha value is -2.25. The van der Waals surface area contributed by atoms with Crippen molar-refractivity contribution in [1.29, 1.82) is 0 Å². The van der Waals surface area contributed by atoms with Gasteiger partial charge in [0.05, 0.1) is 24.9 Å². The first kappa shape index (κ1) is 19.1. The van der Waals surface area contributed by atoms with Crippen LogP contribution in [0.4, 0.5) is 0 Å². The first-order valence-electron chi connectivity index (χ1n) is 7.15. The summed E-state index contributed by atoms with van der Waals surface area (Å²) in [7, 11) is 3.12. The zero-order chi connectivity index (χ0) is 18.2. The van der Waals surface area contributed by atoms with Crippen molar-refractivity contribution in [2.24, 2.45) is 5.10 Å². The third-order valence-corrected chi connectivity index (χ3v) is 3.94. The third kappa shape index (κ3) is 5.65. The van der Waals surface area contributed by atoms with E-state index in [9.17, 15) is 4.79 Å². The zero-order valence-corrected chi connectivity index (χ0v) is 15.9. The monoisotopic (exact) mass is 426 g/mol. The van der Waals surface area contributed by atoms with Gasteiger partial charge in [0.15, 0.2) is 6.61 Å². The number of methoxy groups -OCH3 is 2. The maximum Gasteiger partial charge on any atom is 0.277 e. The summed E-state index contributed by atoms with van der Waals surface area (Å²) < 4.78 is 16.4. The predicted molar refractivity (Wildman–Crippen MR) is 99.9 cm³/mol. The molecule has 0 bridgehead atoms. The van der Waals surface area contributed by atoms with Crippen LogP contribution in [0.1, 0.15) is 5.56 Å². The van der Waals surface area contributed by atoms with E-state index >= 15 is 0 Å². The number of rotatable bonds is 7. The van der Waals surface area contributed by atoms with Gasteiger partial charge in [0.2, 0.25) is 0 Å². The molecule has 0 heterocycles. The number of nitrogens with zero attached hydrogens (tertiary/aromatic N) is 1. The summed E-state index contributed by atoms with van der Waals surface area (Å²) in [5.74, 6) is 1.37. The van der Waals surface area contributed by atoms with Crippen molar-refractivity contribution in [3.05, 3.63) is 51.5 Å². The summed E-state index contributed by atoms with van der Waals surface area (Å²) in [5.41, 5.74) is 3.09. The lowest BCUT2D eigenvalue weighted by Crippen LogP contribution is -2.24. The number of nitrogens with one attached hydrogen (secondary N) is 1. The van der Waals surface area contributed by atoms with Crippen LogP contribution in [0.5, 0.6) is 17.2 Å². The highest BCUT2D eigenvalue weighted by Crippen LogP contribution is 2.27. The fourth-order valence-corrected chi connectivity index (χ4v) is 2.66. The number of ether oxygens (including phenoxy) is 3. The molecule has 0 saturated carbocycles. The molecule has 0 saturated heterocycles. The molecule has 0 aliphatic rings. The van der Waals surface area contributed by atoms with E-state index in [1.807, 2.05) is 0 Å². The maximum atomic E-state index is 11.8. The van der Waals surface area contributed by atoms with E-state index in [1.54, 1.807) is 50.6 Å². The van der Waals surface area contributed by atoms with Gasteiger partial charge in [-0.05, 0) is 46.3 Å². The van der Waals surface area contributed by atoms with Crippen LogP contribution in [0.3, 0.4) is 0 Å². The summed E-state index contributed by atoms with van der Waals surface area (Å²) in [6.07, 6.45) is 1.48. The van der Waals surface area contributed by atoms with Crippen LogP contribution in [0.2, 0.25) is 5.02 Å². The van der Waals surface area contributed by atoms with E-state index < -0.39 is 5.91 Å². The van der Waals surface area contributed by atoms with Gasteiger partial charge < -0.3 is 14.2 Å². The van der Waals surface area contributed by atoms with E-state index in [4.69, 9.17) is 25.8 Å². The molecule has 1 amide bonds. The van der Waals surface area contributed by atoms with Gasteiger partial charge in [-0.25, -0.2) is 5.43 Å². The second-order valence-electron chi connectivity index (χ2n) is 4.76. The summed E-state index contributed by atoms with van der Waals surface area (Å²) in [6, 6.07) is 10.3. The highest BCUT2D eigenvalue weighted by molar-refractivity contribution is 9.10. The average Bonchev–Trinajstić information content (AvgIpc) is 2.61. The Kier molecular flexibility index (Phi) is 7.09. The molecule has 0 aliphatic heterocycles. The van der Waals surface area contributed by atoms with Gasteiger partial charge in [-0.15, -0.1) is 0 Å². The topological polar surface area (TPSA) is 69.2 Å². The van der Waals surface area contributed by atoms with Crippen LogP contribution in [0, 0.1) is 0 Å². The Bertz CT molecular complexity index is 783. The van der Waals surface area contributed by atoms with E-state index in [0.717, 1.165) is 0 Å². The summed E-state index contributed by atoms with van der Waals surface area (Å²) >= 11 is 9.16. The Balaban J connectivity index is 1.90. The Morgan fingerprint density at radius 2 is 2.00 bits per heavy atom. The molecule has 25 heavy (non-hydrogen) atoms. The van der Waals surface area contributed by atoms with Gasteiger partial charge >= 0.3 is 0 Å². The fraction of sp³-hybridized carbons (Fsp3) is 0.176. The van der Waals surface area contributed by atoms with Gasteiger partial charge in [-0.2, -0.15) is 5.10 Å². The molecule has 0 unspecified atom stereocenters. The van der Waals surface area contributed by atoms with Crippen molar-refractivity contribution in [2.75, 3.05) is 20.8 Å². The van der Waals surface area contributed by atoms with E-state index in [0.29, 0.717) is 32.3 Å². The predicted octanol–water partition coefficient (Wildman–Crippen LogP) is 3.65. The minimum absolute atomic E-state index is 0.183. The first-order valence-corrected chi connectivity index (χ1v) is 8.32. The first-order chi connectivity index (χ1) is 12.0. The minimum atomic E-state index is -0.398. The molecular weight excluding hydrogens is 412 g/mol. The number of halogens is 2. The van der Waals surface area contributed by atoms with Crippen molar-refractivity contribution < 1.29 is 19.0 Å². The molecule has 0 spiro atoms. The number of amides is 1. The number of hydrogen-bond donors (Lipinski definition) is 1. The summed E-state index contributed by atoms with van der Waals surface area (Å²) in [4.78, 5) is 11.8. The quantitative estimate of drug-likeness (QED) is 0.541. The van der Waals surface area contributed by atoms with E-state index in [2.05, 4.69) is 26.5 Å². The second-order valence-corrected chi connectivity index (χ2v) is 6.06. The van der Waals surface area contributed by atoms with Gasteiger partial charge in [-0.3, -0.25) is 4.79 Å². The lowest BCUT2D eigenvalue weighted by atomic mass is 10.2. The zero-order valence-electron chi connectivity index (χ0n) is 13.6. The second kappa shape index (κ2) is 9.29. The molecule has 1 N–H and O–H groups in total. The van der Waals surface area contributed by atoms with Crippen LogP contribution in [-0.2, 0) is 4.79 Å². The van der Waals surface area contributed by atoms with Crippen LogP contribution in [0.15, 0.2) is 46.0 Å². The summed E-state index contributed by atoms with van der Waals surface area (Å²) in [5, 5.41) is 4.47. The highest BCUT2D eigenvalue weighted by atomic mass is 79.9. The molecule has 2 aromatic carbocycles. The third-order valence-electron chi connectivity index (χ3n) is 3.09. The van der Waals surface area contributed by atoms with Crippen molar-refractivity contribution in [3.63, 3.8) is 0 Å². The standard InChI is InChI=1S/C17H16BrClN2O4/c1-23-13-5-3-11(16(8-13)24-2)9-20-21-17(22)10-25-15-6-4-12(19)7-14(15)18/h3-9H,10H2,1-2H3,(H,21,22)/b20-9-. The van der Waals surface area contributed by atoms with Crippen molar-refractivity contribution in [2.45, 2.75) is 0 Å². The molecule has 132 valence electrons. The molecule has 2 rings (SSSR count). The number of carbonyl (C=O) groups excluding carboxylic acids is 1. The van der Waals surface area contributed by atoms with E-state index in [-0.39, 0.29) is 6.61 Å². The molecule has 2 aromatic rings.